The number of amides is 2. The van der Waals surface area contributed by atoms with Crippen LogP contribution >= 0.6 is 21.6 Å². The van der Waals surface area contributed by atoms with E-state index in [2.05, 4.69) is 29.4 Å². The molecule has 0 aliphatic carbocycles. The largest absolute Gasteiger partial charge is 0.369 e. The first-order chi connectivity index (χ1) is 12.3. The first-order valence-electron chi connectivity index (χ1n) is 8.79. The maximum Gasteiger partial charge on any atom is 0.246 e. The van der Waals surface area contributed by atoms with E-state index in [0.29, 0.717) is 43.4 Å². The molecule has 0 aromatic heterocycles. The Bertz CT molecular complexity index is 462. The lowest BCUT2D eigenvalue weighted by Crippen LogP contribution is -2.32. The molecule has 0 radical (unpaired) electrons. The van der Waals surface area contributed by atoms with E-state index in [1.807, 2.05) is 27.7 Å². The van der Waals surface area contributed by atoms with E-state index in [9.17, 15) is 9.59 Å². The van der Waals surface area contributed by atoms with Gasteiger partial charge in [0.05, 0.1) is 19.8 Å². The minimum Gasteiger partial charge on any atom is -0.369 e. The van der Waals surface area contributed by atoms with Crippen molar-refractivity contribution >= 4 is 33.4 Å². The summed E-state index contributed by atoms with van der Waals surface area (Å²) in [5.41, 5.74) is 0. The average Bonchev–Trinajstić information content (AvgIpc) is 2.58. The second-order valence-electron chi connectivity index (χ2n) is 6.26. The van der Waals surface area contributed by atoms with E-state index in [1.54, 1.807) is 21.6 Å². The Kier molecular flexibility index (Phi) is 15.8. The lowest BCUT2D eigenvalue weighted by atomic mass is 10.2. The second kappa shape index (κ2) is 16.3. The summed E-state index contributed by atoms with van der Waals surface area (Å²) in [5.74, 6) is 6.60. The highest BCUT2D eigenvalue weighted by Crippen LogP contribution is 2.26. The number of rotatable bonds is 13. The third-order valence-corrected chi connectivity index (χ3v) is 5.40. The number of carbonyl (C=O) groups is 2. The number of carbonyl (C=O) groups excluding carboxylic acids is 2. The van der Waals surface area contributed by atoms with Gasteiger partial charge in [0.25, 0.3) is 0 Å². The molecule has 0 heterocycles. The molecule has 2 N–H and O–H groups in total. The molecule has 0 saturated heterocycles. The van der Waals surface area contributed by atoms with E-state index in [-0.39, 0.29) is 24.3 Å². The molecule has 2 amide bonds. The van der Waals surface area contributed by atoms with Gasteiger partial charge in [-0.1, -0.05) is 68.0 Å². The Morgan fingerprint density at radius 3 is 2.38 bits per heavy atom. The molecule has 0 aliphatic heterocycles. The normalized spacial score (nSPS) is 11.8. The van der Waals surface area contributed by atoms with Crippen molar-refractivity contribution in [3.05, 3.63) is 0 Å². The number of hydrogen-bond acceptors (Lipinski definition) is 6. The topological polar surface area (TPSA) is 76.7 Å². The second-order valence-corrected chi connectivity index (χ2v) is 9.01. The summed E-state index contributed by atoms with van der Waals surface area (Å²) in [6.45, 7) is 11.6. The van der Waals surface area contributed by atoms with Crippen molar-refractivity contribution in [2.45, 2.75) is 39.9 Å². The smallest absolute Gasteiger partial charge is 0.246 e. The third-order valence-electron chi connectivity index (χ3n) is 2.82. The summed E-state index contributed by atoms with van der Waals surface area (Å²) >= 11 is 0. The lowest BCUT2D eigenvalue weighted by Gasteiger charge is -2.13. The third kappa shape index (κ3) is 16.6. The molecule has 0 fully saturated rings. The highest BCUT2D eigenvalue weighted by Gasteiger charge is 2.09. The van der Waals surface area contributed by atoms with Crippen molar-refractivity contribution in [3.8, 4) is 11.8 Å². The zero-order valence-electron chi connectivity index (χ0n) is 16.4. The standard InChI is InChI=1S/C18H32N2O4S2/c1-14(2)7-6-8-19-17(21)12-23-9-10-24-13-25-26-16(5)11-20-18(22)15(3)4/h14-16H,8-13H2,1-5H3,(H,19,21)(H,20,22). The predicted octanol–water partition coefficient (Wildman–Crippen LogP) is 2.29. The molecule has 6 nitrogen and oxygen atoms in total. The predicted molar refractivity (Wildman–Crippen MR) is 110 cm³/mol. The van der Waals surface area contributed by atoms with Crippen LogP contribution in [0.2, 0.25) is 0 Å². The zero-order chi connectivity index (χ0) is 19.8. The zero-order valence-corrected chi connectivity index (χ0v) is 18.1. The fraction of sp³-hybridized carbons (Fsp3) is 0.778. The Morgan fingerprint density at radius 1 is 1.04 bits per heavy atom. The van der Waals surface area contributed by atoms with Crippen LogP contribution < -0.4 is 10.6 Å². The van der Waals surface area contributed by atoms with Crippen molar-refractivity contribution in [1.29, 1.82) is 0 Å². The monoisotopic (exact) mass is 404 g/mol. The molecular weight excluding hydrogens is 372 g/mol. The minimum atomic E-state index is -0.176. The van der Waals surface area contributed by atoms with Crippen LogP contribution in [0.5, 0.6) is 0 Å². The summed E-state index contributed by atoms with van der Waals surface area (Å²) in [4.78, 5) is 22.9. The Morgan fingerprint density at radius 2 is 1.73 bits per heavy atom. The van der Waals surface area contributed by atoms with Crippen molar-refractivity contribution in [2.24, 2.45) is 11.8 Å². The molecule has 0 rings (SSSR count). The summed E-state index contributed by atoms with van der Waals surface area (Å²) in [6, 6.07) is 0. The van der Waals surface area contributed by atoms with Gasteiger partial charge in [-0.15, -0.1) is 0 Å². The minimum absolute atomic E-state index is 0.0123. The van der Waals surface area contributed by atoms with Gasteiger partial charge in [0.2, 0.25) is 11.8 Å². The molecule has 150 valence electrons. The van der Waals surface area contributed by atoms with Gasteiger partial charge in [-0.2, -0.15) is 0 Å². The molecule has 0 spiro atoms. The Hall–Kier alpha value is -0.880. The maximum absolute atomic E-state index is 11.5. The number of ether oxygens (including phenoxy) is 2. The molecule has 0 aromatic rings. The highest BCUT2D eigenvalue weighted by atomic mass is 33.1. The SMILES string of the molecule is CC(C)C#CCNC(=O)COCCOCSSC(C)CNC(=O)C(C)C. The summed E-state index contributed by atoms with van der Waals surface area (Å²) < 4.78 is 10.7. The first-order valence-corrected chi connectivity index (χ1v) is 11.2. The van der Waals surface area contributed by atoms with Gasteiger partial charge in [0, 0.05) is 23.6 Å². The van der Waals surface area contributed by atoms with Gasteiger partial charge in [-0.05, 0) is 0 Å². The van der Waals surface area contributed by atoms with Crippen LogP contribution in [-0.4, -0.2) is 55.9 Å². The molecule has 0 saturated carbocycles. The fourth-order valence-corrected chi connectivity index (χ4v) is 3.35. The molecule has 26 heavy (non-hydrogen) atoms. The van der Waals surface area contributed by atoms with Crippen molar-refractivity contribution in [3.63, 3.8) is 0 Å². The van der Waals surface area contributed by atoms with Gasteiger partial charge < -0.3 is 20.1 Å². The molecule has 0 aromatic carbocycles. The van der Waals surface area contributed by atoms with Crippen molar-refractivity contribution in [2.75, 3.05) is 38.8 Å². The molecular formula is C18H32N2O4S2. The number of hydrogen-bond donors (Lipinski definition) is 2. The van der Waals surface area contributed by atoms with E-state index >= 15 is 0 Å². The quantitative estimate of drug-likeness (QED) is 0.212. The van der Waals surface area contributed by atoms with Gasteiger partial charge >= 0.3 is 0 Å². The average molecular weight is 405 g/mol. The van der Waals surface area contributed by atoms with E-state index in [4.69, 9.17) is 9.47 Å². The Balaban J connectivity index is 3.44. The summed E-state index contributed by atoms with van der Waals surface area (Å²) in [7, 11) is 3.27. The molecule has 1 atom stereocenters. The van der Waals surface area contributed by atoms with Gasteiger partial charge in [-0.25, -0.2) is 0 Å². The van der Waals surface area contributed by atoms with E-state index in [1.165, 1.54) is 0 Å². The molecule has 1 unspecified atom stereocenters. The van der Waals surface area contributed by atoms with Crippen molar-refractivity contribution < 1.29 is 19.1 Å². The molecule has 0 aliphatic rings. The van der Waals surface area contributed by atoms with Crippen molar-refractivity contribution in [1.82, 2.24) is 10.6 Å². The maximum atomic E-state index is 11.5. The van der Waals surface area contributed by atoms with E-state index < -0.39 is 0 Å². The summed E-state index contributed by atoms with van der Waals surface area (Å²) in [6.07, 6.45) is 0. The number of nitrogens with one attached hydrogen (secondary N) is 2. The molecule has 0 bridgehead atoms. The van der Waals surface area contributed by atoms with Crippen LogP contribution in [0.3, 0.4) is 0 Å². The van der Waals surface area contributed by atoms with Crippen LogP contribution in [0.25, 0.3) is 0 Å². The highest BCUT2D eigenvalue weighted by molar-refractivity contribution is 8.76. The lowest BCUT2D eigenvalue weighted by molar-refractivity contribution is -0.126. The van der Waals surface area contributed by atoms with Crippen LogP contribution in [-0.2, 0) is 19.1 Å². The van der Waals surface area contributed by atoms with Crippen LogP contribution in [0, 0.1) is 23.7 Å². The van der Waals surface area contributed by atoms with E-state index in [0.717, 1.165) is 0 Å². The van der Waals surface area contributed by atoms with Crippen LogP contribution in [0.4, 0.5) is 0 Å². The summed E-state index contributed by atoms with van der Waals surface area (Å²) in [5, 5.41) is 5.89. The van der Waals surface area contributed by atoms with Crippen LogP contribution in [0.1, 0.15) is 34.6 Å². The molecule has 8 heteroatoms. The van der Waals surface area contributed by atoms with Gasteiger partial charge in [0.1, 0.15) is 12.5 Å². The van der Waals surface area contributed by atoms with Crippen LogP contribution in [0.15, 0.2) is 0 Å². The Labute approximate surface area is 165 Å². The van der Waals surface area contributed by atoms with Gasteiger partial charge in [0.15, 0.2) is 0 Å². The first kappa shape index (κ1) is 25.1. The van der Waals surface area contributed by atoms with Gasteiger partial charge in [-0.3, -0.25) is 9.59 Å². The fourth-order valence-electron chi connectivity index (χ4n) is 1.45.